The van der Waals surface area contributed by atoms with E-state index in [1.165, 1.54) is 18.4 Å². The first-order valence-corrected chi connectivity index (χ1v) is 7.68. The SMILES string of the molecule is Cc1cc(-c2nc(C3CCCCN3)no2)sc1Br. The van der Waals surface area contributed by atoms with Gasteiger partial charge < -0.3 is 9.84 Å². The highest BCUT2D eigenvalue weighted by molar-refractivity contribution is 9.11. The lowest BCUT2D eigenvalue weighted by molar-refractivity contribution is 0.367. The summed E-state index contributed by atoms with van der Waals surface area (Å²) >= 11 is 5.14. The van der Waals surface area contributed by atoms with Gasteiger partial charge in [0.1, 0.15) is 0 Å². The fourth-order valence-corrected chi connectivity index (χ4v) is 3.57. The van der Waals surface area contributed by atoms with Crippen LogP contribution in [0.2, 0.25) is 0 Å². The van der Waals surface area contributed by atoms with E-state index in [9.17, 15) is 0 Å². The second kappa shape index (κ2) is 5.11. The zero-order chi connectivity index (χ0) is 12.5. The summed E-state index contributed by atoms with van der Waals surface area (Å²) in [5.74, 6) is 1.41. The molecule has 1 aliphatic heterocycles. The van der Waals surface area contributed by atoms with E-state index in [0.29, 0.717) is 5.89 Å². The van der Waals surface area contributed by atoms with Gasteiger partial charge in [-0.3, -0.25) is 0 Å². The highest BCUT2D eigenvalue weighted by Crippen LogP contribution is 2.34. The lowest BCUT2D eigenvalue weighted by atomic mass is 10.0. The summed E-state index contributed by atoms with van der Waals surface area (Å²) in [5, 5.41) is 7.52. The number of nitrogens with one attached hydrogen (secondary N) is 1. The molecule has 4 nitrogen and oxygen atoms in total. The van der Waals surface area contributed by atoms with Crippen molar-refractivity contribution in [2.24, 2.45) is 0 Å². The molecule has 1 fully saturated rings. The Morgan fingerprint density at radius 1 is 1.50 bits per heavy atom. The maximum atomic E-state index is 5.36. The maximum Gasteiger partial charge on any atom is 0.268 e. The molecule has 0 radical (unpaired) electrons. The highest BCUT2D eigenvalue weighted by atomic mass is 79.9. The van der Waals surface area contributed by atoms with E-state index < -0.39 is 0 Å². The van der Waals surface area contributed by atoms with Crippen molar-refractivity contribution in [2.45, 2.75) is 32.2 Å². The minimum absolute atomic E-state index is 0.251. The van der Waals surface area contributed by atoms with Gasteiger partial charge in [0.2, 0.25) is 0 Å². The topological polar surface area (TPSA) is 51.0 Å². The Labute approximate surface area is 118 Å². The summed E-state index contributed by atoms with van der Waals surface area (Å²) in [6, 6.07) is 2.32. The second-order valence-electron chi connectivity index (χ2n) is 4.53. The Hall–Kier alpha value is -0.720. The Balaban J connectivity index is 1.84. The quantitative estimate of drug-likeness (QED) is 0.914. The van der Waals surface area contributed by atoms with Gasteiger partial charge in [-0.25, -0.2) is 0 Å². The molecule has 1 N–H and O–H groups in total. The van der Waals surface area contributed by atoms with E-state index >= 15 is 0 Å². The molecule has 2 aromatic heterocycles. The molecular weight excluding hydrogens is 314 g/mol. The number of halogens is 1. The van der Waals surface area contributed by atoms with E-state index in [4.69, 9.17) is 4.52 Å². The minimum Gasteiger partial charge on any atom is -0.333 e. The van der Waals surface area contributed by atoms with Crippen molar-refractivity contribution in [3.8, 4) is 10.8 Å². The van der Waals surface area contributed by atoms with Crippen molar-refractivity contribution >= 4 is 27.3 Å². The summed E-state index contributed by atoms with van der Waals surface area (Å²) in [6.07, 6.45) is 3.55. The van der Waals surface area contributed by atoms with Crippen LogP contribution in [-0.4, -0.2) is 16.7 Å². The number of aromatic nitrogens is 2. The lowest BCUT2D eigenvalue weighted by Gasteiger charge is -2.19. The first kappa shape index (κ1) is 12.3. The van der Waals surface area contributed by atoms with Gasteiger partial charge in [-0.05, 0) is 53.9 Å². The van der Waals surface area contributed by atoms with Crippen molar-refractivity contribution in [2.75, 3.05) is 6.54 Å². The Morgan fingerprint density at radius 2 is 2.39 bits per heavy atom. The molecule has 2 aromatic rings. The van der Waals surface area contributed by atoms with E-state index in [1.54, 1.807) is 11.3 Å². The molecule has 1 atom stereocenters. The van der Waals surface area contributed by atoms with E-state index in [1.807, 2.05) is 0 Å². The number of thiophene rings is 1. The maximum absolute atomic E-state index is 5.36. The Kier molecular flexibility index (Phi) is 3.50. The monoisotopic (exact) mass is 327 g/mol. The van der Waals surface area contributed by atoms with Crippen LogP contribution in [0.25, 0.3) is 10.8 Å². The molecule has 18 heavy (non-hydrogen) atoms. The number of hydrogen-bond acceptors (Lipinski definition) is 5. The zero-order valence-electron chi connectivity index (χ0n) is 10.1. The summed E-state index contributed by atoms with van der Waals surface area (Å²) in [5.41, 5.74) is 1.20. The molecule has 1 aliphatic rings. The fraction of sp³-hybridized carbons (Fsp3) is 0.500. The van der Waals surface area contributed by atoms with Crippen LogP contribution < -0.4 is 5.32 Å². The van der Waals surface area contributed by atoms with E-state index in [-0.39, 0.29) is 6.04 Å². The first-order valence-electron chi connectivity index (χ1n) is 6.07. The van der Waals surface area contributed by atoms with Crippen LogP contribution in [-0.2, 0) is 0 Å². The normalized spacial score (nSPS) is 20.2. The number of nitrogens with zero attached hydrogens (tertiary/aromatic N) is 2. The lowest BCUT2D eigenvalue weighted by Crippen LogP contribution is -2.27. The van der Waals surface area contributed by atoms with E-state index in [2.05, 4.69) is 44.4 Å². The minimum atomic E-state index is 0.251. The average Bonchev–Trinajstić information content (AvgIpc) is 2.99. The summed E-state index contributed by atoms with van der Waals surface area (Å²) in [6.45, 7) is 3.10. The van der Waals surface area contributed by atoms with E-state index in [0.717, 1.165) is 27.5 Å². The zero-order valence-corrected chi connectivity index (χ0v) is 12.5. The first-order chi connectivity index (χ1) is 8.74. The molecule has 3 heterocycles. The van der Waals surface area contributed by atoms with Crippen molar-refractivity contribution in [3.05, 3.63) is 21.2 Å². The van der Waals surface area contributed by atoms with Crippen LogP contribution in [0.3, 0.4) is 0 Å². The molecule has 6 heteroatoms. The Morgan fingerprint density at radius 3 is 3.06 bits per heavy atom. The number of piperidine rings is 1. The molecule has 0 saturated carbocycles. The van der Waals surface area contributed by atoms with Crippen molar-refractivity contribution < 1.29 is 4.52 Å². The molecule has 3 rings (SSSR count). The third-order valence-corrected chi connectivity index (χ3v) is 5.26. The Bertz CT molecular complexity index is 526. The number of aryl methyl sites for hydroxylation is 1. The predicted molar refractivity (Wildman–Crippen MR) is 74.6 cm³/mol. The van der Waals surface area contributed by atoms with Gasteiger partial charge >= 0.3 is 0 Å². The highest BCUT2D eigenvalue weighted by Gasteiger charge is 2.21. The molecule has 96 valence electrons. The predicted octanol–water partition coefficient (Wildman–Crippen LogP) is 3.68. The van der Waals surface area contributed by atoms with Gasteiger partial charge in [0.15, 0.2) is 5.82 Å². The van der Waals surface area contributed by atoms with Crippen LogP contribution in [0.15, 0.2) is 14.4 Å². The molecule has 0 spiro atoms. The van der Waals surface area contributed by atoms with Crippen molar-refractivity contribution in [1.29, 1.82) is 0 Å². The van der Waals surface area contributed by atoms with Crippen LogP contribution in [0.4, 0.5) is 0 Å². The fourth-order valence-electron chi connectivity index (χ4n) is 2.11. The van der Waals surface area contributed by atoms with Crippen molar-refractivity contribution in [3.63, 3.8) is 0 Å². The van der Waals surface area contributed by atoms with Gasteiger partial charge in [0.05, 0.1) is 14.7 Å². The third kappa shape index (κ3) is 2.37. The molecule has 1 saturated heterocycles. The molecule has 0 amide bonds. The second-order valence-corrected chi connectivity index (χ2v) is 6.90. The third-order valence-electron chi connectivity index (χ3n) is 3.13. The molecule has 1 unspecified atom stereocenters. The summed E-state index contributed by atoms with van der Waals surface area (Å²) in [4.78, 5) is 5.53. The molecule has 0 aliphatic carbocycles. The van der Waals surface area contributed by atoms with Crippen LogP contribution in [0, 0.1) is 6.92 Å². The van der Waals surface area contributed by atoms with Crippen molar-refractivity contribution in [1.82, 2.24) is 15.5 Å². The summed E-state index contributed by atoms with van der Waals surface area (Å²) in [7, 11) is 0. The molecular formula is C12H14BrN3OS. The smallest absolute Gasteiger partial charge is 0.268 e. The number of rotatable bonds is 2. The number of hydrogen-bond donors (Lipinski definition) is 1. The van der Waals surface area contributed by atoms with Gasteiger partial charge in [-0.2, -0.15) is 4.98 Å². The largest absolute Gasteiger partial charge is 0.333 e. The van der Waals surface area contributed by atoms with Gasteiger partial charge in [-0.15, -0.1) is 11.3 Å². The summed E-state index contributed by atoms with van der Waals surface area (Å²) < 4.78 is 6.48. The standard InChI is InChI=1S/C12H14BrN3OS/c1-7-6-9(18-10(7)13)12-15-11(16-17-12)8-4-2-3-5-14-8/h6,8,14H,2-5H2,1H3. The van der Waals surface area contributed by atoms with Gasteiger partial charge in [0.25, 0.3) is 5.89 Å². The molecule has 0 aromatic carbocycles. The van der Waals surface area contributed by atoms with Crippen LogP contribution in [0.1, 0.15) is 36.7 Å². The van der Waals surface area contributed by atoms with Gasteiger partial charge in [-0.1, -0.05) is 11.6 Å². The van der Waals surface area contributed by atoms with Crippen LogP contribution in [0.5, 0.6) is 0 Å². The average molecular weight is 328 g/mol. The van der Waals surface area contributed by atoms with Crippen LogP contribution >= 0.6 is 27.3 Å². The molecule has 0 bridgehead atoms. The van der Waals surface area contributed by atoms with Gasteiger partial charge in [0, 0.05) is 0 Å².